The van der Waals surface area contributed by atoms with Crippen LogP contribution in [-0.4, -0.2) is 23.6 Å². The van der Waals surface area contributed by atoms with Crippen LogP contribution in [0.1, 0.15) is 33.5 Å². The first kappa shape index (κ1) is 15.4. The number of imidazole rings is 1. The number of hydrogen-bond acceptors (Lipinski definition) is 3. The van der Waals surface area contributed by atoms with E-state index in [9.17, 15) is 0 Å². The first-order valence-electron chi connectivity index (χ1n) is 7.40. The fourth-order valence-electron chi connectivity index (χ4n) is 2.49. The number of benzene rings is 1. The summed E-state index contributed by atoms with van der Waals surface area (Å²) >= 11 is 0. The molecule has 0 spiro atoms. The molecule has 1 aromatic carbocycles. The van der Waals surface area contributed by atoms with Gasteiger partial charge in [0.05, 0.1) is 0 Å². The Hall–Kier alpha value is -1.97. The van der Waals surface area contributed by atoms with Crippen molar-refractivity contribution in [1.29, 1.82) is 0 Å². The van der Waals surface area contributed by atoms with Crippen LogP contribution >= 0.6 is 0 Å². The number of rotatable bonds is 3. The molecule has 0 unspecified atom stereocenters. The first-order valence-corrected chi connectivity index (χ1v) is 7.40. The lowest BCUT2D eigenvalue weighted by molar-refractivity contribution is 0.509. The van der Waals surface area contributed by atoms with Crippen LogP contribution in [0.3, 0.4) is 0 Å². The molecule has 0 aliphatic heterocycles. The standard InChI is InChI=1S/C17H26N4/c1-7-21-15(18)14(19-16(21)17(2,3)4)12-8-10-13(11-9-12)20(5)6/h8-11H,7,18H2,1-6H3. The fourth-order valence-corrected chi connectivity index (χ4v) is 2.49. The van der Waals surface area contributed by atoms with Gasteiger partial charge in [0.25, 0.3) is 0 Å². The van der Waals surface area contributed by atoms with Crippen LogP contribution in [0, 0.1) is 0 Å². The van der Waals surface area contributed by atoms with Gasteiger partial charge in [-0.15, -0.1) is 0 Å². The monoisotopic (exact) mass is 286 g/mol. The Labute approximate surface area is 127 Å². The van der Waals surface area contributed by atoms with E-state index in [1.54, 1.807) is 0 Å². The van der Waals surface area contributed by atoms with Crippen molar-refractivity contribution in [2.45, 2.75) is 39.7 Å². The molecule has 0 radical (unpaired) electrons. The Morgan fingerprint density at radius 3 is 2.10 bits per heavy atom. The smallest absolute Gasteiger partial charge is 0.131 e. The average Bonchev–Trinajstić information content (AvgIpc) is 2.75. The van der Waals surface area contributed by atoms with E-state index in [1.165, 1.54) is 5.69 Å². The molecule has 2 rings (SSSR count). The maximum atomic E-state index is 6.33. The van der Waals surface area contributed by atoms with Crippen LogP contribution in [0.4, 0.5) is 11.5 Å². The molecule has 0 fully saturated rings. The molecular formula is C17H26N4. The molecule has 2 aromatic rings. The summed E-state index contributed by atoms with van der Waals surface area (Å²) in [5, 5.41) is 0. The van der Waals surface area contributed by atoms with Crippen molar-refractivity contribution >= 4 is 11.5 Å². The van der Waals surface area contributed by atoms with Gasteiger partial charge in [0.15, 0.2) is 0 Å². The summed E-state index contributed by atoms with van der Waals surface area (Å²) < 4.78 is 2.11. The third-order valence-electron chi connectivity index (χ3n) is 3.65. The minimum absolute atomic E-state index is 0.0219. The van der Waals surface area contributed by atoms with Gasteiger partial charge in [0.1, 0.15) is 17.3 Å². The molecular weight excluding hydrogens is 260 g/mol. The van der Waals surface area contributed by atoms with E-state index in [1.807, 2.05) is 14.1 Å². The molecule has 2 N–H and O–H groups in total. The number of nitrogen functional groups attached to an aromatic ring is 1. The number of hydrogen-bond donors (Lipinski definition) is 1. The molecule has 21 heavy (non-hydrogen) atoms. The van der Waals surface area contributed by atoms with E-state index in [0.29, 0.717) is 0 Å². The Balaban J connectivity index is 2.52. The maximum absolute atomic E-state index is 6.33. The molecule has 1 aromatic heterocycles. The molecule has 0 amide bonds. The van der Waals surface area contributed by atoms with E-state index < -0.39 is 0 Å². The van der Waals surface area contributed by atoms with E-state index in [4.69, 9.17) is 10.7 Å². The highest BCUT2D eigenvalue weighted by Gasteiger charge is 2.24. The summed E-state index contributed by atoms with van der Waals surface area (Å²) in [7, 11) is 4.07. The van der Waals surface area contributed by atoms with E-state index in [2.05, 4.69) is 61.4 Å². The van der Waals surface area contributed by atoms with Gasteiger partial charge < -0.3 is 15.2 Å². The summed E-state index contributed by atoms with van der Waals surface area (Å²) in [6.45, 7) is 9.44. The summed E-state index contributed by atoms with van der Waals surface area (Å²) in [6, 6.07) is 8.36. The van der Waals surface area contributed by atoms with E-state index in [-0.39, 0.29) is 5.41 Å². The normalized spacial score (nSPS) is 11.7. The van der Waals surface area contributed by atoms with Gasteiger partial charge >= 0.3 is 0 Å². The SMILES string of the molecule is CCn1c(C(C)(C)C)nc(-c2ccc(N(C)C)cc2)c1N. The van der Waals surface area contributed by atoms with E-state index >= 15 is 0 Å². The van der Waals surface area contributed by atoms with Crippen molar-refractivity contribution < 1.29 is 0 Å². The number of aromatic nitrogens is 2. The summed E-state index contributed by atoms with van der Waals surface area (Å²) in [5.41, 5.74) is 9.43. The zero-order valence-electron chi connectivity index (χ0n) is 13.9. The molecule has 4 nitrogen and oxygen atoms in total. The zero-order valence-corrected chi connectivity index (χ0v) is 13.9. The Morgan fingerprint density at radius 2 is 1.71 bits per heavy atom. The zero-order chi connectivity index (χ0) is 15.8. The lowest BCUT2D eigenvalue weighted by atomic mass is 9.95. The highest BCUT2D eigenvalue weighted by Crippen LogP contribution is 2.32. The van der Waals surface area contributed by atoms with Crippen molar-refractivity contribution in [3.8, 4) is 11.3 Å². The molecule has 0 atom stereocenters. The van der Waals surface area contributed by atoms with Gasteiger partial charge in [-0.3, -0.25) is 0 Å². The minimum atomic E-state index is -0.0219. The van der Waals surface area contributed by atoms with Crippen LogP contribution in [0.5, 0.6) is 0 Å². The quantitative estimate of drug-likeness (QED) is 0.939. The Kier molecular flexibility index (Phi) is 3.99. The minimum Gasteiger partial charge on any atom is -0.383 e. The molecule has 4 heteroatoms. The third-order valence-corrected chi connectivity index (χ3v) is 3.65. The third kappa shape index (κ3) is 2.89. The van der Waals surface area contributed by atoms with Crippen LogP contribution in [-0.2, 0) is 12.0 Å². The van der Waals surface area contributed by atoms with Crippen LogP contribution < -0.4 is 10.6 Å². The second-order valence-electron chi connectivity index (χ2n) is 6.60. The highest BCUT2D eigenvalue weighted by atomic mass is 15.1. The Bertz CT molecular complexity index is 615. The lowest BCUT2D eigenvalue weighted by Gasteiger charge is -2.19. The van der Waals surface area contributed by atoms with Crippen molar-refractivity contribution in [3.63, 3.8) is 0 Å². The van der Waals surface area contributed by atoms with Crippen molar-refractivity contribution in [2.75, 3.05) is 24.7 Å². The molecule has 1 heterocycles. The largest absolute Gasteiger partial charge is 0.383 e. The molecule has 0 aliphatic carbocycles. The second kappa shape index (κ2) is 5.43. The summed E-state index contributed by atoms with van der Waals surface area (Å²) in [6.07, 6.45) is 0. The van der Waals surface area contributed by atoms with Crippen LogP contribution in [0.25, 0.3) is 11.3 Å². The van der Waals surface area contributed by atoms with Gasteiger partial charge in [-0.05, 0) is 19.1 Å². The predicted molar refractivity (Wildman–Crippen MR) is 90.8 cm³/mol. The highest BCUT2D eigenvalue weighted by molar-refractivity contribution is 5.72. The fraction of sp³-hybridized carbons (Fsp3) is 0.471. The van der Waals surface area contributed by atoms with Gasteiger partial charge in [-0.1, -0.05) is 32.9 Å². The van der Waals surface area contributed by atoms with Gasteiger partial charge in [0.2, 0.25) is 0 Å². The van der Waals surface area contributed by atoms with E-state index in [0.717, 1.165) is 29.4 Å². The number of nitrogens with two attached hydrogens (primary N) is 1. The Morgan fingerprint density at radius 1 is 1.14 bits per heavy atom. The van der Waals surface area contributed by atoms with Crippen LogP contribution in [0.2, 0.25) is 0 Å². The molecule has 0 bridgehead atoms. The predicted octanol–water partition coefficient (Wildman–Crippen LogP) is 3.52. The molecule has 0 saturated heterocycles. The first-order chi connectivity index (χ1) is 9.75. The topological polar surface area (TPSA) is 47.1 Å². The van der Waals surface area contributed by atoms with Gasteiger partial charge in [-0.2, -0.15) is 0 Å². The molecule has 114 valence electrons. The summed E-state index contributed by atoms with van der Waals surface area (Å²) in [4.78, 5) is 6.90. The number of nitrogens with zero attached hydrogens (tertiary/aromatic N) is 3. The van der Waals surface area contributed by atoms with Gasteiger partial charge in [-0.25, -0.2) is 4.98 Å². The lowest BCUT2D eigenvalue weighted by Crippen LogP contribution is -2.19. The second-order valence-corrected chi connectivity index (χ2v) is 6.60. The molecule has 0 aliphatic rings. The average molecular weight is 286 g/mol. The van der Waals surface area contributed by atoms with Gasteiger partial charge in [0, 0.05) is 37.3 Å². The maximum Gasteiger partial charge on any atom is 0.131 e. The number of anilines is 2. The summed E-state index contributed by atoms with van der Waals surface area (Å²) in [5.74, 6) is 1.79. The van der Waals surface area contributed by atoms with Crippen molar-refractivity contribution in [2.24, 2.45) is 0 Å². The molecule has 0 saturated carbocycles. The van der Waals surface area contributed by atoms with Crippen molar-refractivity contribution in [3.05, 3.63) is 30.1 Å². The van der Waals surface area contributed by atoms with Crippen molar-refractivity contribution in [1.82, 2.24) is 9.55 Å². The van der Waals surface area contributed by atoms with Crippen LogP contribution in [0.15, 0.2) is 24.3 Å².